The second-order valence-electron chi connectivity index (χ2n) is 6.82. The van der Waals surface area contributed by atoms with Crippen molar-refractivity contribution < 1.29 is 22.7 Å². The molecule has 2 rings (SSSR count). The number of carbonyl (C=O) groups is 2. The van der Waals surface area contributed by atoms with E-state index < -0.39 is 28.0 Å². The highest BCUT2D eigenvalue weighted by atomic mass is 32.2. The van der Waals surface area contributed by atoms with Gasteiger partial charge in [-0.05, 0) is 31.2 Å². The molecule has 1 fully saturated rings. The van der Waals surface area contributed by atoms with Gasteiger partial charge in [0.2, 0.25) is 0 Å². The van der Waals surface area contributed by atoms with Gasteiger partial charge >= 0.3 is 16.5 Å². The van der Waals surface area contributed by atoms with E-state index in [0.29, 0.717) is 12.8 Å². The Morgan fingerprint density at radius 3 is 2.57 bits per heavy atom. The predicted molar refractivity (Wildman–Crippen MR) is 104 cm³/mol. The molecule has 1 aromatic rings. The van der Waals surface area contributed by atoms with Crippen LogP contribution >= 0.6 is 0 Å². The smallest absolute Gasteiger partial charge is 0.323 e. The van der Waals surface area contributed by atoms with Crippen molar-refractivity contribution in [3.05, 3.63) is 35.9 Å². The highest BCUT2D eigenvalue weighted by Crippen LogP contribution is 2.55. The maximum absolute atomic E-state index is 13.2. The second-order valence-corrected chi connectivity index (χ2v) is 7.44. The quantitative estimate of drug-likeness (QED) is 0.674. The number of ether oxygens (including phenoxy) is 1. The van der Waals surface area contributed by atoms with Crippen LogP contribution < -0.4 is 5.32 Å². The minimum absolute atomic E-state index is 0.0485. The molecule has 8 nitrogen and oxygen atoms in total. The highest BCUT2D eigenvalue weighted by molar-refractivity contribution is 7.61. The fraction of sp³-hybridized carbons (Fsp3) is 0.579. The van der Waals surface area contributed by atoms with E-state index in [9.17, 15) is 18.0 Å². The first-order chi connectivity index (χ1) is 13.4. The molecule has 0 radical (unpaired) electrons. The molecule has 1 saturated carbocycles. The summed E-state index contributed by atoms with van der Waals surface area (Å²) in [5.41, 5.74) is -0.626. The van der Waals surface area contributed by atoms with E-state index >= 15 is 0 Å². The Balaban J connectivity index is 2.24. The minimum Gasteiger partial charge on any atom is -0.381 e. The Labute approximate surface area is 167 Å². The van der Waals surface area contributed by atoms with Crippen molar-refractivity contribution >= 4 is 22.4 Å². The SMILES string of the molecule is CCC(CCCN(C(=O)NC)C(=O)C1(N=S(=O)=O)CC1c1ccccc1)OC. The lowest BCUT2D eigenvalue weighted by Crippen LogP contribution is -2.48. The van der Waals surface area contributed by atoms with Crippen LogP contribution in [0.1, 0.15) is 44.1 Å². The molecular weight excluding hydrogens is 382 g/mol. The molecule has 9 heteroatoms. The van der Waals surface area contributed by atoms with Gasteiger partial charge in [0.05, 0.1) is 6.10 Å². The molecule has 1 N–H and O–H groups in total. The van der Waals surface area contributed by atoms with Crippen LogP contribution in [0, 0.1) is 0 Å². The lowest BCUT2D eigenvalue weighted by molar-refractivity contribution is -0.130. The molecule has 0 bridgehead atoms. The zero-order chi connectivity index (χ0) is 20.7. The number of hydrogen-bond acceptors (Lipinski definition) is 6. The van der Waals surface area contributed by atoms with Gasteiger partial charge in [0.15, 0.2) is 5.54 Å². The van der Waals surface area contributed by atoms with Crippen LogP contribution in [0.25, 0.3) is 0 Å². The predicted octanol–water partition coefficient (Wildman–Crippen LogP) is 2.35. The average molecular weight is 410 g/mol. The summed E-state index contributed by atoms with van der Waals surface area (Å²) in [7, 11) is 0.302. The number of carbonyl (C=O) groups excluding carboxylic acids is 2. The third kappa shape index (κ3) is 4.96. The van der Waals surface area contributed by atoms with Crippen LogP contribution in [-0.4, -0.2) is 57.6 Å². The Bertz CT molecular complexity index is 815. The molecule has 3 unspecified atom stereocenters. The van der Waals surface area contributed by atoms with Gasteiger partial charge in [-0.1, -0.05) is 37.3 Å². The molecule has 28 heavy (non-hydrogen) atoms. The van der Waals surface area contributed by atoms with E-state index in [-0.39, 0.29) is 25.0 Å². The molecule has 1 aromatic carbocycles. The average Bonchev–Trinajstić information content (AvgIpc) is 3.42. The van der Waals surface area contributed by atoms with E-state index in [2.05, 4.69) is 9.68 Å². The number of methoxy groups -OCH3 is 1. The van der Waals surface area contributed by atoms with E-state index in [1.54, 1.807) is 7.11 Å². The molecular formula is C19H27N3O5S. The van der Waals surface area contributed by atoms with Gasteiger partial charge in [-0.25, -0.2) is 4.79 Å². The number of nitrogens with one attached hydrogen (secondary N) is 1. The van der Waals surface area contributed by atoms with Crippen molar-refractivity contribution in [2.24, 2.45) is 4.36 Å². The zero-order valence-electron chi connectivity index (χ0n) is 16.4. The van der Waals surface area contributed by atoms with E-state index in [4.69, 9.17) is 4.74 Å². The maximum atomic E-state index is 13.2. The summed E-state index contributed by atoms with van der Waals surface area (Å²) >= 11 is 0. The number of urea groups is 1. The van der Waals surface area contributed by atoms with Crippen LogP contribution in [0.2, 0.25) is 0 Å². The molecule has 0 spiro atoms. The molecule has 0 aliphatic heterocycles. The molecule has 1 aliphatic rings. The molecule has 3 amide bonds. The van der Waals surface area contributed by atoms with Crippen molar-refractivity contribution in [2.45, 2.75) is 50.2 Å². The van der Waals surface area contributed by atoms with Crippen LogP contribution in [0.15, 0.2) is 34.7 Å². The van der Waals surface area contributed by atoms with Crippen LogP contribution in [0.5, 0.6) is 0 Å². The Morgan fingerprint density at radius 2 is 2.04 bits per heavy atom. The van der Waals surface area contributed by atoms with Gasteiger partial charge in [-0.15, -0.1) is 0 Å². The first-order valence-corrected chi connectivity index (χ1v) is 10.4. The van der Waals surface area contributed by atoms with Crippen molar-refractivity contribution in [1.82, 2.24) is 10.2 Å². The maximum Gasteiger partial charge on any atom is 0.323 e. The summed E-state index contributed by atoms with van der Waals surface area (Å²) in [6.07, 6.45) is 2.38. The molecule has 0 heterocycles. The zero-order valence-corrected chi connectivity index (χ0v) is 17.2. The van der Waals surface area contributed by atoms with Gasteiger partial charge in [0.1, 0.15) is 0 Å². The lowest BCUT2D eigenvalue weighted by atomic mass is 10.1. The summed E-state index contributed by atoms with van der Waals surface area (Å²) in [6.45, 7) is 2.17. The first kappa shape index (κ1) is 22.0. The number of rotatable bonds is 9. The van der Waals surface area contributed by atoms with Crippen LogP contribution in [-0.2, 0) is 20.0 Å². The number of imide groups is 1. The molecule has 0 saturated heterocycles. The van der Waals surface area contributed by atoms with Crippen molar-refractivity contribution in [2.75, 3.05) is 20.7 Å². The van der Waals surface area contributed by atoms with Crippen molar-refractivity contribution in [3.8, 4) is 0 Å². The van der Waals surface area contributed by atoms with E-state index in [1.165, 1.54) is 7.05 Å². The number of hydrogen-bond donors (Lipinski definition) is 1. The molecule has 154 valence electrons. The monoisotopic (exact) mass is 409 g/mol. The fourth-order valence-electron chi connectivity index (χ4n) is 3.47. The van der Waals surface area contributed by atoms with Gasteiger partial charge in [-0.2, -0.15) is 12.8 Å². The summed E-state index contributed by atoms with van der Waals surface area (Å²) in [6, 6.07) is 8.58. The second kappa shape index (κ2) is 9.79. The molecule has 0 aromatic heterocycles. The topological polar surface area (TPSA) is 105 Å². The highest BCUT2D eigenvalue weighted by Gasteiger charge is 2.64. The summed E-state index contributed by atoms with van der Waals surface area (Å²) in [5, 5.41) is 2.46. The Kier molecular flexibility index (Phi) is 7.70. The summed E-state index contributed by atoms with van der Waals surface area (Å²) in [4.78, 5) is 26.6. The van der Waals surface area contributed by atoms with Gasteiger partial charge in [0.25, 0.3) is 5.91 Å². The van der Waals surface area contributed by atoms with Crippen molar-refractivity contribution in [1.29, 1.82) is 0 Å². The Hall–Kier alpha value is -2.26. The third-order valence-electron chi connectivity index (χ3n) is 5.14. The largest absolute Gasteiger partial charge is 0.381 e. The standard InChI is InChI=1S/C19H27N3O5S/c1-4-15(27-3)11-8-12-22(18(24)20-2)17(23)19(21-28(25)26)13-16(19)14-9-6-5-7-10-14/h5-7,9-10,15-16H,4,8,11-13H2,1-3H3,(H,20,24). The molecule has 1 aliphatic carbocycles. The third-order valence-corrected chi connectivity index (χ3v) is 5.62. The number of amides is 3. The number of nitrogens with zero attached hydrogens (tertiary/aromatic N) is 2. The van der Waals surface area contributed by atoms with Crippen LogP contribution in [0.4, 0.5) is 4.79 Å². The molecule has 3 atom stereocenters. The summed E-state index contributed by atoms with van der Waals surface area (Å²) < 4.78 is 31.7. The van der Waals surface area contributed by atoms with E-state index in [1.807, 2.05) is 37.3 Å². The lowest BCUT2D eigenvalue weighted by Gasteiger charge is -2.24. The fourth-order valence-corrected chi connectivity index (χ4v) is 4.02. The normalized spacial score (nSPS) is 21.5. The van der Waals surface area contributed by atoms with Crippen LogP contribution in [0.3, 0.4) is 0 Å². The summed E-state index contributed by atoms with van der Waals surface area (Å²) in [5.74, 6) is -0.955. The van der Waals surface area contributed by atoms with E-state index in [0.717, 1.165) is 16.9 Å². The minimum atomic E-state index is -2.76. The van der Waals surface area contributed by atoms with Gasteiger partial charge < -0.3 is 10.1 Å². The van der Waals surface area contributed by atoms with Gasteiger partial charge in [-0.3, -0.25) is 9.69 Å². The Morgan fingerprint density at radius 1 is 1.36 bits per heavy atom. The van der Waals surface area contributed by atoms with Gasteiger partial charge in [0, 0.05) is 26.6 Å². The van der Waals surface area contributed by atoms with Crippen molar-refractivity contribution in [3.63, 3.8) is 0 Å². The number of benzene rings is 1. The first-order valence-electron chi connectivity index (χ1n) is 9.33.